The molecule has 4 nitrogen and oxygen atoms in total. The summed E-state index contributed by atoms with van der Waals surface area (Å²) < 4.78 is 43.2. The molecule has 29 heavy (non-hydrogen) atoms. The van der Waals surface area contributed by atoms with Crippen LogP contribution in [0.15, 0.2) is 54.6 Å². The Labute approximate surface area is 166 Å². The maximum absolute atomic E-state index is 12.6. The Kier molecular flexibility index (Phi) is 6.36. The molecule has 0 N–H and O–H groups in total. The van der Waals surface area contributed by atoms with Crippen LogP contribution >= 0.6 is 0 Å². The molecule has 2 aromatic rings. The van der Waals surface area contributed by atoms with E-state index >= 15 is 0 Å². The minimum absolute atomic E-state index is 0.0406. The summed E-state index contributed by atoms with van der Waals surface area (Å²) in [5.41, 5.74) is 0.165. The highest BCUT2D eigenvalue weighted by Crippen LogP contribution is 2.29. The maximum atomic E-state index is 12.6. The third kappa shape index (κ3) is 5.70. The smallest absolute Gasteiger partial charge is 0.416 e. The average Bonchev–Trinajstić information content (AvgIpc) is 3.25. The molecule has 0 spiro atoms. The topological polar surface area (TPSA) is 46.6 Å². The van der Waals surface area contributed by atoms with E-state index in [1.807, 2.05) is 0 Å². The van der Waals surface area contributed by atoms with Crippen molar-refractivity contribution in [2.24, 2.45) is 0 Å². The van der Waals surface area contributed by atoms with Gasteiger partial charge in [0.25, 0.3) is 5.91 Å². The normalized spacial score (nSPS) is 14.4. The van der Waals surface area contributed by atoms with Crippen LogP contribution < -0.4 is 4.74 Å². The van der Waals surface area contributed by atoms with Gasteiger partial charge in [0.15, 0.2) is 12.4 Å². The molecule has 2 aromatic carbocycles. The highest BCUT2D eigenvalue weighted by molar-refractivity contribution is 6.06. The van der Waals surface area contributed by atoms with E-state index in [2.05, 4.69) is 0 Å². The number of carbonyl (C=O) groups is 2. The monoisotopic (exact) mass is 403 g/mol. The summed E-state index contributed by atoms with van der Waals surface area (Å²) in [6.07, 6.45) is 0.406. The van der Waals surface area contributed by atoms with E-state index in [0.29, 0.717) is 16.9 Å². The molecule has 0 radical (unpaired) electrons. The first-order chi connectivity index (χ1) is 13.8. The van der Waals surface area contributed by atoms with Crippen LogP contribution in [-0.2, 0) is 11.0 Å². The second kappa shape index (κ2) is 8.94. The first-order valence-electron chi connectivity index (χ1n) is 9.23. The Morgan fingerprint density at radius 3 is 2.17 bits per heavy atom. The van der Waals surface area contributed by atoms with Gasteiger partial charge in [0, 0.05) is 18.7 Å². The number of alkyl halides is 3. The minimum Gasteiger partial charge on any atom is -0.484 e. The molecular weight excluding hydrogens is 383 g/mol. The Morgan fingerprint density at radius 2 is 1.59 bits per heavy atom. The molecule has 1 fully saturated rings. The predicted octanol–water partition coefficient (Wildman–Crippen LogP) is 4.60. The summed E-state index contributed by atoms with van der Waals surface area (Å²) >= 11 is 0. The summed E-state index contributed by atoms with van der Waals surface area (Å²) in [5, 5.41) is 0. The van der Waals surface area contributed by atoms with Gasteiger partial charge in [-0.1, -0.05) is 18.2 Å². The van der Waals surface area contributed by atoms with Gasteiger partial charge in [0.1, 0.15) is 5.75 Å². The molecule has 152 valence electrons. The van der Waals surface area contributed by atoms with Crippen LogP contribution in [0.5, 0.6) is 5.75 Å². The van der Waals surface area contributed by atoms with Gasteiger partial charge in [0.2, 0.25) is 0 Å². The Bertz CT molecular complexity index is 881. The summed E-state index contributed by atoms with van der Waals surface area (Å²) in [4.78, 5) is 26.0. The predicted molar refractivity (Wildman–Crippen MR) is 103 cm³/mol. The van der Waals surface area contributed by atoms with Gasteiger partial charge in [-0.05, 0) is 60.9 Å². The highest BCUT2D eigenvalue weighted by Gasteiger charge is 2.29. The molecule has 0 bridgehead atoms. The highest BCUT2D eigenvalue weighted by atomic mass is 19.4. The van der Waals surface area contributed by atoms with Gasteiger partial charge >= 0.3 is 6.18 Å². The second-order valence-electron chi connectivity index (χ2n) is 6.72. The van der Waals surface area contributed by atoms with Gasteiger partial charge < -0.3 is 9.64 Å². The molecule has 0 aliphatic carbocycles. The SMILES string of the molecule is O=C(/C=C/c1ccc(C(F)(F)F)cc1)c1ccc(OCC(=O)N2CCCC2)cc1. The lowest BCUT2D eigenvalue weighted by atomic mass is 10.1. The van der Waals surface area contributed by atoms with Gasteiger partial charge in [-0.25, -0.2) is 0 Å². The fourth-order valence-electron chi connectivity index (χ4n) is 2.97. The van der Waals surface area contributed by atoms with E-state index in [4.69, 9.17) is 4.74 Å². The molecule has 0 unspecified atom stereocenters. The molecule has 7 heteroatoms. The lowest BCUT2D eigenvalue weighted by molar-refractivity contribution is -0.137. The Morgan fingerprint density at radius 1 is 0.966 bits per heavy atom. The fourth-order valence-corrected chi connectivity index (χ4v) is 2.97. The fraction of sp³-hybridized carbons (Fsp3) is 0.273. The number of ketones is 1. The number of nitrogens with zero attached hydrogens (tertiary/aromatic N) is 1. The summed E-state index contributed by atoms with van der Waals surface area (Å²) in [5.74, 6) is 0.146. The van der Waals surface area contributed by atoms with Crippen LogP contribution in [0.3, 0.4) is 0 Å². The molecular formula is C22H20F3NO3. The summed E-state index contributed by atoms with van der Waals surface area (Å²) in [6, 6.07) is 10.9. The van der Waals surface area contributed by atoms with Gasteiger partial charge in [-0.2, -0.15) is 13.2 Å². The maximum Gasteiger partial charge on any atom is 0.416 e. The number of rotatable bonds is 6. The van der Waals surface area contributed by atoms with Crippen LogP contribution in [0.4, 0.5) is 13.2 Å². The lowest BCUT2D eigenvalue weighted by Crippen LogP contribution is -2.32. The number of benzene rings is 2. The van der Waals surface area contributed by atoms with Crippen LogP contribution in [0.25, 0.3) is 6.08 Å². The number of hydrogen-bond donors (Lipinski definition) is 0. The molecule has 0 atom stereocenters. The van der Waals surface area contributed by atoms with E-state index in [1.54, 1.807) is 29.2 Å². The van der Waals surface area contributed by atoms with Crippen molar-refractivity contribution < 1.29 is 27.5 Å². The van der Waals surface area contributed by atoms with Crippen molar-refractivity contribution in [2.75, 3.05) is 19.7 Å². The number of allylic oxidation sites excluding steroid dienone is 1. The van der Waals surface area contributed by atoms with E-state index in [9.17, 15) is 22.8 Å². The van der Waals surface area contributed by atoms with Gasteiger partial charge in [-0.3, -0.25) is 9.59 Å². The first-order valence-corrected chi connectivity index (χ1v) is 9.23. The van der Waals surface area contributed by atoms with Crippen molar-refractivity contribution in [1.29, 1.82) is 0 Å². The minimum atomic E-state index is -4.39. The lowest BCUT2D eigenvalue weighted by Gasteiger charge is -2.15. The average molecular weight is 403 g/mol. The van der Waals surface area contributed by atoms with Crippen molar-refractivity contribution in [1.82, 2.24) is 4.90 Å². The van der Waals surface area contributed by atoms with Crippen LogP contribution in [0.1, 0.15) is 34.3 Å². The van der Waals surface area contributed by atoms with Crippen LogP contribution in [-0.4, -0.2) is 36.3 Å². The Balaban J connectivity index is 1.54. The number of halogens is 3. The molecule has 1 heterocycles. The zero-order chi connectivity index (χ0) is 20.9. The number of amides is 1. The molecule has 0 saturated carbocycles. The molecule has 3 rings (SSSR count). The quantitative estimate of drug-likeness (QED) is 0.523. The molecule has 1 aliphatic heterocycles. The zero-order valence-electron chi connectivity index (χ0n) is 15.6. The number of carbonyl (C=O) groups excluding carboxylic acids is 2. The van der Waals surface area contributed by atoms with Crippen LogP contribution in [0, 0.1) is 0 Å². The van der Waals surface area contributed by atoms with Crippen molar-refractivity contribution in [2.45, 2.75) is 19.0 Å². The number of hydrogen-bond acceptors (Lipinski definition) is 3. The van der Waals surface area contributed by atoms with E-state index < -0.39 is 11.7 Å². The summed E-state index contributed by atoms with van der Waals surface area (Å²) in [7, 11) is 0. The molecule has 1 aliphatic rings. The third-order valence-electron chi connectivity index (χ3n) is 4.63. The van der Waals surface area contributed by atoms with Crippen molar-refractivity contribution >= 4 is 17.8 Å². The van der Waals surface area contributed by atoms with E-state index in [-0.39, 0.29) is 18.3 Å². The summed E-state index contributed by atoms with van der Waals surface area (Å²) in [6.45, 7) is 1.49. The standard InChI is InChI=1S/C22H20F3NO3/c23-22(24,25)18-8-3-16(4-9-18)5-12-20(27)17-6-10-19(11-7-17)29-15-21(28)26-13-1-2-14-26/h3-12H,1-2,13-15H2/b12-5+. The second-order valence-corrected chi connectivity index (χ2v) is 6.72. The Hall–Kier alpha value is -3.09. The van der Waals surface area contributed by atoms with Crippen molar-refractivity contribution in [3.05, 3.63) is 71.3 Å². The van der Waals surface area contributed by atoms with Crippen molar-refractivity contribution in [3.8, 4) is 5.75 Å². The molecule has 1 amide bonds. The van der Waals surface area contributed by atoms with Gasteiger partial charge in [-0.15, -0.1) is 0 Å². The van der Waals surface area contributed by atoms with Gasteiger partial charge in [0.05, 0.1) is 5.56 Å². The van der Waals surface area contributed by atoms with E-state index in [1.165, 1.54) is 24.3 Å². The van der Waals surface area contributed by atoms with E-state index in [0.717, 1.165) is 38.1 Å². The van der Waals surface area contributed by atoms with Crippen molar-refractivity contribution in [3.63, 3.8) is 0 Å². The zero-order valence-corrected chi connectivity index (χ0v) is 15.6. The molecule has 1 saturated heterocycles. The largest absolute Gasteiger partial charge is 0.484 e. The first kappa shape index (κ1) is 20.6. The van der Waals surface area contributed by atoms with Crippen LogP contribution in [0.2, 0.25) is 0 Å². The third-order valence-corrected chi connectivity index (χ3v) is 4.63. The number of likely N-dealkylation sites (tertiary alicyclic amines) is 1. The molecule has 0 aromatic heterocycles. The number of ether oxygens (including phenoxy) is 1.